The fourth-order valence-corrected chi connectivity index (χ4v) is 2.32. The first-order valence-corrected chi connectivity index (χ1v) is 7.31. The number of nitrogens with one attached hydrogen (secondary N) is 1. The maximum atomic E-state index is 5.63. The standard InChI is InChI=1S/C16H25NO2/c1-14-6-2-3-7-15(14)12-17-9-5-10-18-13-16-8-4-11-19-16/h2-3,6-7,16-17H,4-5,8-13H2,1H3. The minimum absolute atomic E-state index is 0.347. The quantitative estimate of drug-likeness (QED) is 0.731. The van der Waals surface area contributed by atoms with Gasteiger partial charge < -0.3 is 14.8 Å². The van der Waals surface area contributed by atoms with Gasteiger partial charge >= 0.3 is 0 Å². The summed E-state index contributed by atoms with van der Waals surface area (Å²) < 4.78 is 11.1. The molecular formula is C16H25NO2. The summed E-state index contributed by atoms with van der Waals surface area (Å²) in [5, 5.41) is 3.46. The highest BCUT2D eigenvalue weighted by molar-refractivity contribution is 5.25. The average molecular weight is 263 g/mol. The molecule has 1 N–H and O–H groups in total. The van der Waals surface area contributed by atoms with Crippen LogP contribution in [-0.2, 0) is 16.0 Å². The second-order valence-corrected chi connectivity index (χ2v) is 5.17. The monoisotopic (exact) mass is 263 g/mol. The maximum absolute atomic E-state index is 5.63. The van der Waals surface area contributed by atoms with E-state index in [1.54, 1.807) is 0 Å². The highest BCUT2D eigenvalue weighted by Crippen LogP contribution is 2.11. The van der Waals surface area contributed by atoms with Crippen molar-refractivity contribution in [3.05, 3.63) is 35.4 Å². The molecule has 0 saturated carbocycles. The lowest BCUT2D eigenvalue weighted by Crippen LogP contribution is -2.19. The van der Waals surface area contributed by atoms with Crippen LogP contribution in [0, 0.1) is 6.92 Å². The van der Waals surface area contributed by atoms with E-state index in [0.29, 0.717) is 6.10 Å². The van der Waals surface area contributed by atoms with Crippen molar-refractivity contribution < 1.29 is 9.47 Å². The van der Waals surface area contributed by atoms with Crippen molar-refractivity contribution in [1.82, 2.24) is 5.32 Å². The molecule has 1 aliphatic rings. The van der Waals surface area contributed by atoms with Crippen LogP contribution in [-0.4, -0.2) is 32.5 Å². The third kappa shape index (κ3) is 5.31. The molecule has 1 saturated heterocycles. The molecule has 0 amide bonds. The third-order valence-corrected chi connectivity index (χ3v) is 3.55. The van der Waals surface area contributed by atoms with Crippen molar-refractivity contribution in [1.29, 1.82) is 0 Å². The molecule has 0 aliphatic carbocycles. The molecule has 0 bridgehead atoms. The van der Waals surface area contributed by atoms with Crippen molar-refractivity contribution in [2.45, 2.75) is 38.8 Å². The molecule has 0 aromatic heterocycles. The van der Waals surface area contributed by atoms with Crippen LogP contribution in [0.2, 0.25) is 0 Å². The van der Waals surface area contributed by atoms with Gasteiger partial charge in [0.2, 0.25) is 0 Å². The Morgan fingerprint density at radius 3 is 3.05 bits per heavy atom. The molecule has 1 aliphatic heterocycles. The Labute approximate surface area is 116 Å². The lowest BCUT2D eigenvalue weighted by Gasteiger charge is -2.10. The van der Waals surface area contributed by atoms with E-state index in [9.17, 15) is 0 Å². The first-order valence-electron chi connectivity index (χ1n) is 7.31. The third-order valence-electron chi connectivity index (χ3n) is 3.55. The Morgan fingerprint density at radius 2 is 2.26 bits per heavy atom. The second kappa shape index (κ2) is 8.31. The van der Waals surface area contributed by atoms with Gasteiger partial charge in [-0.25, -0.2) is 0 Å². The summed E-state index contributed by atoms with van der Waals surface area (Å²) in [4.78, 5) is 0. The summed E-state index contributed by atoms with van der Waals surface area (Å²) >= 11 is 0. The van der Waals surface area contributed by atoms with Crippen LogP contribution in [0.15, 0.2) is 24.3 Å². The van der Waals surface area contributed by atoms with E-state index < -0.39 is 0 Å². The van der Waals surface area contributed by atoms with E-state index in [0.717, 1.165) is 45.8 Å². The highest BCUT2D eigenvalue weighted by Gasteiger charge is 2.14. The van der Waals surface area contributed by atoms with Gasteiger partial charge in [0.05, 0.1) is 12.7 Å². The Morgan fingerprint density at radius 1 is 1.37 bits per heavy atom. The first-order chi connectivity index (χ1) is 9.36. The fourth-order valence-electron chi connectivity index (χ4n) is 2.32. The Kier molecular flexibility index (Phi) is 6.34. The van der Waals surface area contributed by atoms with Crippen molar-refractivity contribution in [3.8, 4) is 0 Å². The molecule has 106 valence electrons. The van der Waals surface area contributed by atoms with E-state index in [1.165, 1.54) is 17.5 Å². The normalized spacial score (nSPS) is 18.9. The van der Waals surface area contributed by atoms with Crippen LogP contribution in [0.25, 0.3) is 0 Å². The summed E-state index contributed by atoms with van der Waals surface area (Å²) in [5.41, 5.74) is 2.73. The summed E-state index contributed by atoms with van der Waals surface area (Å²) in [5.74, 6) is 0. The van der Waals surface area contributed by atoms with Gasteiger partial charge in [-0.3, -0.25) is 0 Å². The molecule has 1 atom stereocenters. The Balaban J connectivity index is 1.47. The van der Waals surface area contributed by atoms with E-state index >= 15 is 0 Å². The zero-order chi connectivity index (χ0) is 13.3. The van der Waals surface area contributed by atoms with Crippen molar-refractivity contribution in [2.24, 2.45) is 0 Å². The molecule has 1 unspecified atom stereocenters. The zero-order valence-corrected chi connectivity index (χ0v) is 11.9. The minimum Gasteiger partial charge on any atom is -0.379 e. The maximum Gasteiger partial charge on any atom is 0.0809 e. The van der Waals surface area contributed by atoms with Crippen molar-refractivity contribution in [2.75, 3.05) is 26.4 Å². The predicted octanol–water partition coefficient (Wildman–Crippen LogP) is 2.67. The van der Waals surface area contributed by atoms with E-state index in [1.807, 2.05) is 0 Å². The molecule has 3 heteroatoms. The Bertz CT molecular complexity index is 362. The summed E-state index contributed by atoms with van der Waals surface area (Å²) in [6, 6.07) is 8.50. The number of aryl methyl sites for hydroxylation is 1. The van der Waals surface area contributed by atoms with E-state index in [-0.39, 0.29) is 0 Å². The van der Waals surface area contributed by atoms with Crippen molar-refractivity contribution >= 4 is 0 Å². The van der Waals surface area contributed by atoms with Crippen LogP contribution >= 0.6 is 0 Å². The van der Waals surface area contributed by atoms with Crippen LogP contribution in [0.1, 0.15) is 30.4 Å². The van der Waals surface area contributed by atoms with E-state index in [2.05, 4.69) is 36.5 Å². The summed E-state index contributed by atoms with van der Waals surface area (Å²) in [6.45, 7) is 6.59. The van der Waals surface area contributed by atoms with Gasteiger partial charge in [-0.15, -0.1) is 0 Å². The van der Waals surface area contributed by atoms with Gasteiger partial charge in [-0.2, -0.15) is 0 Å². The smallest absolute Gasteiger partial charge is 0.0809 e. The lowest BCUT2D eigenvalue weighted by molar-refractivity contribution is 0.0166. The minimum atomic E-state index is 0.347. The number of hydrogen-bond donors (Lipinski definition) is 1. The molecular weight excluding hydrogens is 238 g/mol. The summed E-state index contributed by atoms with van der Waals surface area (Å²) in [7, 11) is 0. The molecule has 3 nitrogen and oxygen atoms in total. The number of rotatable bonds is 8. The second-order valence-electron chi connectivity index (χ2n) is 5.17. The number of hydrogen-bond acceptors (Lipinski definition) is 3. The lowest BCUT2D eigenvalue weighted by atomic mass is 10.1. The topological polar surface area (TPSA) is 30.5 Å². The van der Waals surface area contributed by atoms with Gasteiger partial charge in [0.1, 0.15) is 0 Å². The van der Waals surface area contributed by atoms with Gasteiger partial charge in [0.25, 0.3) is 0 Å². The molecule has 1 aromatic carbocycles. The van der Waals surface area contributed by atoms with Crippen molar-refractivity contribution in [3.63, 3.8) is 0 Å². The highest BCUT2D eigenvalue weighted by atomic mass is 16.5. The predicted molar refractivity (Wildman–Crippen MR) is 77.3 cm³/mol. The fraction of sp³-hybridized carbons (Fsp3) is 0.625. The molecule has 1 fully saturated rings. The van der Waals surface area contributed by atoms with Crippen LogP contribution in [0.4, 0.5) is 0 Å². The zero-order valence-electron chi connectivity index (χ0n) is 11.9. The Hall–Kier alpha value is -0.900. The molecule has 0 spiro atoms. The largest absolute Gasteiger partial charge is 0.379 e. The van der Waals surface area contributed by atoms with Gasteiger partial charge in [-0.05, 0) is 43.9 Å². The molecule has 1 aromatic rings. The SMILES string of the molecule is Cc1ccccc1CNCCCOCC1CCCO1. The van der Waals surface area contributed by atoms with Gasteiger partial charge in [0, 0.05) is 19.8 Å². The van der Waals surface area contributed by atoms with Gasteiger partial charge in [-0.1, -0.05) is 24.3 Å². The van der Waals surface area contributed by atoms with Crippen LogP contribution in [0.5, 0.6) is 0 Å². The molecule has 0 radical (unpaired) electrons. The van der Waals surface area contributed by atoms with Crippen LogP contribution in [0.3, 0.4) is 0 Å². The van der Waals surface area contributed by atoms with Gasteiger partial charge in [0.15, 0.2) is 0 Å². The first kappa shape index (κ1) is 14.5. The number of benzene rings is 1. The molecule has 1 heterocycles. The van der Waals surface area contributed by atoms with E-state index in [4.69, 9.17) is 9.47 Å². The average Bonchev–Trinajstić information content (AvgIpc) is 2.93. The molecule has 2 rings (SSSR count). The molecule has 19 heavy (non-hydrogen) atoms. The summed E-state index contributed by atoms with van der Waals surface area (Å²) in [6.07, 6.45) is 3.75. The number of ether oxygens (including phenoxy) is 2. The van der Waals surface area contributed by atoms with Crippen LogP contribution < -0.4 is 5.32 Å².